The molecule has 0 aliphatic rings. The largest absolute Gasteiger partial charge is 0.451 e. The van der Waals surface area contributed by atoms with Crippen molar-refractivity contribution in [3.05, 3.63) is 34.9 Å². The maximum absolute atomic E-state index is 12.3. The maximum atomic E-state index is 12.3. The molecule has 1 rings (SSSR count). The van der Waals surface area contributed by atoms with Gasteiger partial charge < -0.3 is 15.8 Å². The van der Waals surface area contributed by atoms with Crippen LogP contribution < -0.4 is 16.4 Å². The van der Waals surface area contributed by atoms with Gasteiger partial charge in [-0.15, -0.1) is 0 Å². The molecule has 0 spiro atoms. The smallest absolute Gasteiger partial charge is 0.329 e. The Labute approximate surface area is 150 Å². The number of esters is 1. The quantitative estimate of drug-likeness (QED) is 0.649. The predicted octanol–water partition coefficient (Wildman–Crippen LogP) is 1.22. The lowest BCUT2D eigenvalue weighted by molar-refractivity contribution is -0.157. The summed E-state index contributed by atoms with van der Waals surface area (Å²) in [4.78, 5) is 46.8. The highest BCUT2D eigenvalue weighted by atomic mass is 35.5. The molecule has 0 saturated heterocycles. The van der Waals surface area contributed by atoms with Crippen molar-refractivity contribution in [2.45, 2.75) is 32.9 Å². The number of ether oxygens (including phenoxy) is 1. The Hall–Kier alpha value is -2.61. The average molecular weight is 370 g/mol. The van der Waals surface area contributed by atoms with Crippen LogP contribution in [0.5, 0.6) is 0 Å². The minimum absolute atomic E-state index is 0.210. The standard InChI is InChI=1S/C16H20ClN3O5/c1-8(2)12(15(23)25-9(3)13(21)20-16(18)24)19-14(22)10-6-4-5-7-11(10)17/h4-9,12H,1-3H3,(H,19,22)(H3,18,20,21,24)/t9-,12-/m0/s1. The third kappa shape index (κ3) is 6.07. The minimum atomic E-state index is -1.25. The van der Waals surface area contributed by atoms with E-state index in [1.165, 1.54) is 13.0 Å². The SMILES string of the molecule is CC(C)[C@H](NC(=O)c1ccccc1Cl)C(=O)O[C@@H](C)C(=O)NC(N)=O. The summed E-state index contributed by atoms with van der Waals surface area (Å²) in [6.07, 6.45) is -1.25. The number of carbonyl (C=O) groups excluding carboxylic acids is 4. The van der Waals surface area contributed by atoms with E-state index in [-0.39, 0.29) is 16.5 Å². The fourth-order valence-corrected chi connectivity index (χ4v) is 2.11. The Morgan fingerprint density at radius 2 is 1.72 bits per heavy atom. The molecule has 1 aromatic carbocycles. The van der Waals surface area contributed by atoms with E-state index in [4.69, 9.17) is 22.1 Å². The summed E-state index contributed by atoms with van der Waals surface area (Å²) in [5, 5.41) is 4.59. The predicted molar refractivity (Wildman–Crippen MR) is 90.8 cm³/mol. The van der Waals surface area contributed by atoms with Gasteiger partial charge in [-0.1, -0.05) is 37.6 Å². The van der Waals surface area contributed by atoms with Gasteiger partial charge in [-0.25, -0.2) is 9.59 Å². The highest BCUT2D eigenvalue weighted by molar-refractivity contribution is 6.33. The van der Waals surface area contributed by atoms with Crippen LogP contribution in [0.2, 0.25) is 5.02 Å². The molecule has 0 aromatic heterocycles. The molecule has 0 aliphatic heterocycles. The first-order valence-corrected chi connectivity index (χ1v) is 7.87. The zero-order valence-electron chi connectivity index (χ0n) is 14.0. The molecule has 4 amide bonds. The van der Waals surface area contributed by atoms with E-state index < -0.39 is 36.0 Å². The molecule has 25 heavy (non-hydrogen) atoms. The fourth-order valence-electron chi connectivity index (χ4n) is 1.89. The second-order valence-corrected chi connectivity index (χ2v) is 6.01. The number of imide groups is 1. The Bertz CT molecular complexity index is 677. The number of primary amides is 1. The molecule has 0 aliphatic carbocycles. The van der Waals surface area contributed by atoms with E-state index in [2.05, 4.69) is 5.32 Å². The molecule has 9 heteroatoms. The van der Waals surface area contributed by atoms with E-state index in [1.807, 2.05) is 5.32 Å². The van der Waals surface area contributed by atoms with Gasteiger partial charge in [-0.2, -0.15) is 0 Å². The molecule has 1 aromatic rings. The third-order valence-electron chi connectivity index (χ3n) is 3.23. The molecule has 0 radical (unpaired) electrons. The molecule has 0 heterocycles. The van der Waals surface area contributed by atoms with Gasteiger partial charge in [0.15, 0.2) is 6.10 Å². The van der Waals surface area contributed by atoms with Crippen LogP contribution in [0.4, 0.5) is 4.79 Å². The second-order valence-electron chi connectivity index (χ2n) is 5.61. The van der Waals surface area contributed by atoms with Gasteiger partial charge in [0.1, 0.15) is 6.04 Å². The zero-order valence-corrected chi connectivity index (χ0v) is 14.8. The van der Waals surface area contributed by atoms with Crippen LogP contribution in [0.25, 0.3) is 0 Å². The summed E-state index contributed by atoms with van der Waals surface area (Å²) in [5.74, 6) is -2.54. The summed E-state index contributed by atoms with van der Waals surface area (Å²) in [5.41, 5.74) is 5.04. The monoisotopic (exact) mass is 369 g/mol. The topological polar surface area (TPSA) is 128 Å². The molecule has 4 N–H and O–H groups in total. The van der Waals surface area contributed by atoms with Crippen molar-refractivity contribution in [1.82, 2.24) is 10.6 Å². The van der Waals surface area contributed by atoms with E-state index in [1.54, 1.807) is 32.0 Å². The van der Waals surface area contributed by atoms with Crippen molar-refractivity contribution in [1.29, 1.82) is 0 Å². The highest BCUT2D eigenvalue weighted by Crippen LogP contribution is 2.16. The van der Waals surface area contributed by atoms with E-state index in [0.29, 0.717) is 0 Å². The normalized spacial score (nSPS) is 12.8. The molecule has 0 saturated carbocycles. The minimum Gasteiger partial charge on any atom is -0.451 e. The number of amides is 4. The number of urea groups is 1. The van der Waals surface area contributed by atoms with Gasteiger partial charge in [-0.3, -0.25) is 14.9 Å². The second kappa shape index (κ2) is 9.03. The zero-order chi connectivity index (χ0) is 19.1. The van der Waals surface area contributed by atoms with Crippen LogP contribution >= 0.6 is 11.6 Å². The number of hydrogen-bond acceptors (Lipinski definition) is 5. The fraction of sp³-hybridized carbons (Fsp3) is 0.375. The number of rotatable bonds is 6. The van der Waals surface area contributed by atoms with Crippen molar-refractivity contribution in [3.63, 3.8) is 0 Å². The van der Waals surface area contributed by atoms with Gasteiger partial charge in [0.2, 0.25) is 0 Å². The van der Waals surface area contributed by atoms with Gasteiger partial charge in [0.05, 0.1) is 10.6 Å². The first-order valence-electron chi connectivity index (χ1n) is 7.49. The lowest BCUT2D eigenvalue weighted by atomic mass is 10.0. The molecular formula is C16H20ClN3O5. The van der Waals surface area contributed by atoms with Crippen molar-refractivity contribution in [2.24, 2.45) is 11.7 Å². The summed E-state index contributed by atoms with van der Waals surface area (Å²) in [6.45, 7) is 4.68. The van der Waals surface area contributed by atoms with Crippen LogP contribution in [0.3, 0.4) is 0 Å². The van der Waals surface area contributed by atoms with E-state index in [9.17, 15) is 19.2 Å². The van der Waals surface area contributed by atoms with Crippen LogP contribution in [-0.2, 0) is 14.3 Å². The van der Waals surface area contributed by atoms with Gasteiger partial charge in [0.25, 0.3) is 11.8 Å². The Morgan fingerprint density at radius 1 is 1.12 bits per heavy atom. The van der Waals surface area contributed by atoms with Crippen LogP contribution in [0.1, 0.15) is 31.1 Å². The molecule has 2 atom stereocenters. The number of nitrogens with one attached hydrogen (secondary N) is 2. The molecule has 136 valence electrons. The number of benzene rings is 1. The number of hydrogen-bond donors (Lipinski definition) is 3. The van der Waals surface area contributed by atoms with Crippen LogP contribution in [-0.4, -0.2) is 36.0 Å². The lowest BCUT2D eigenvalue weighted by Crippen LogP contribution is -2.48. The number of nitrogens with two attached hydrogens (primary N) is 1. The molecule has 0 bridgehead atoms. The van der Waals surface area contributed by atoms with Crippen molar-refractivity contribution in [2.75, 3.05) is 0 Å². The van der Waals surface area contributed by atoms with Gasteiger partial charge in [-0.05, 0) is 25.0 Å². The Kier molecular flexibility index (Phi) is 7.38. The van der Waals surface area contributed by atoms with Gasteiger partial charge >= 0.3 is 12.0 Å². The highest BCUT2D eigenvalue weighted by Gasteiger charge is 2.29. The average Bonchev–Trinajstić information content (AvgIpc) is 2.51. The summed E-state index contributed by atoms with van der Waals surface area (Å²) < 4.78 is 5.00. The van der Waals surface area contributed by atoms with Crippen molar-refractivity contribution >= 4 is 35.4 Å². The van der Waals surface area contributed by atoms with E-state index in [0.717, 1.165) is 0 Å². The summed E-state index contributed by atoms with van der Waals surface area (Å²) in [7, 11) is 0. The summed E-state index contributed by atoms with van der Waals surface area (Å²) in [6, 6.07) is 4.32. The first-order chi connectivity index (χ1) is 11.6. The number of carbonyl (C=O) groups is 4. The number of halogens is 1. The third-order valence-corrected chi connectivity index (χ3v) is 3.56. The first kappa shape index (κ1) is 20.4. The molecule has 0 unspecified atom stereocenters. The van der Waals surface area contributed by atoms with Gasteiger partial charge in [0, 0.05) is 0 Å². The summed E-state index contributed by atoms with van der Waals surface area (Å²) >= 11 is 5.96. The van der Waals surface area contributed by atoms with Crippen molar-refractivity contribution < 1.29 is 23.9 Å². The Balaban J connectivity index is 2.81. The van der Waals surface area contributed by atoms with Crippen LogP contribution in [0.15, 0.2) is 24.3 Å². The maximum Gasteiger partial charge on any atom is 0.329 e. The Morgan fingerprint density at radius 3 is 2.24 bits per heavy atom. The molecule has 0 fully saturated rings. The van der Waals surface area contributed by atoms with E-state index >= 15 is 0 Å². The molecule has 8 nitrogen and oxygen atoms in total. The molecular weight excluding hydrogens is 350 g/mol. The van der Waals surface area contributed by atoms with Crippen molar-refractivity contribution in [3.8, 4) is 0 Å². The van der Waals surface area contributed by atoms with Crippen LogP contribution in [0, 0.1) is 5.92 Å². The lowest BCUT2D eigenvalue weighted by Gasteiger charge is -2.23.